The minimum atomic E-state index is -0.0476. The molecule has 1 unspecified atom stereocenters. The van der Waals surface area contributed by atoms with E-state index >= 15 is 0 Å². The first-order valence-corrected chi connectivity index (χ1v) is 12.2. The van der Waals surface area contributed by atoms with Gasteiger partial charge in [0.05, 0.1) is 18.2 Å². The summed E-state index contributed by atoms with van der Waals surface area (Å²) in [6, 6.07) is 13.4. The highest BCUT2D eigenvalue weighted by atomic mass is 32.2. The van der Waals surface area contributed by atoms with Crippen molar-refractivity contribution in [2.45, 2.75) is 54.2 Å². The van der Waals surface area contributed by atoms with Crippen LogP contribution in [0.1, 0.15) is 41.8 Å². The Labute approximate surface area is 197 Å². The third-order valence-corrected chi connectivity index (χ3v) is 7.48. The Morgan fingerprint density at radius 3 is 2.76 bits per heavy atom. The van der Waals surface area contributed by atoms with Crippen LogP contribution in [0.3, 0.4) is 0 Å². The molecule has 9 heteroatoms. The van der Waals surface area contributed by atoms with Gasteiger partial charge in [-0.15, -0.1) is 10.2 Å². The predicted molar refractivity (Wildman–Crippen MR) is 124 cm³/mol. The van der Waals surface area contributed by atoms with Crippen molar-refractivity contribution in [1.29, 1.82) is 0 Å². The Bertz CT molecular complexity index is 1070. The molecule has 0 saturated carbocycles. The Morgan fingerprint density at radius 1 is 1.18 bits per heavy atom. The van der Waals surface area contributed by atoms with Gasteiger partial charge >= 0.3 is 0 Å². The number of hydrogen-bond donors (Lipinski definition) is 1. The Balaban J connectivity index is 1.07. The molecule has 2 aliphatic rings. The third-order valence-electron chi connectivity index (χ3n) is 6.51. The molecule has 33 heavy (non-hydrogen) atoms. The van der Waals surface area contributed by atoms with E-state index in [1.165, 1.54) is 11.8 Å². The molecule has 8 nitrogen and oxygen atoms in total. The van der Waals surface area contributed by atoms with Crippen molar-refractivity contribution in [3.05, 3.63) is 60.1 Å². The van der Waals surface area contributed by atoms with Crippen LogP contribution in [0.15, 0.2) is 63.5 Å². The Morgan fingerprint density at radius 2 is 2.00 bits per heavy atom. The van der Waals surface area contributed by atoms with Crippen LogP contribution in [-0.2, 0) is 18.3 Å². The first kappa shape index (κ1) is 22.2. The van der Waals surface area contributed by atoms with Crippen LogP contribution >= 0.6 is 11.8 Å². The van der Waals surface area contributed by atoms with Crippen molar-refractivity contribution >= 4 is 17.7 Å². The minimum Gasteiger partial charge on any atom is -0.453 e. The number of likely N-dealkylation sites (tertiary alicyclic amines) is 1. The molecule has 4 heterocycles. The number of carbonyl (C=O) groups is 1. The van der Waals surface area contributed by atoms with E-state index in [4.69, 9.17) is 9.15 Å². The van der Waals surface area contributed by atoms with Crippen LogP contribution in [0.25, 0.3) is 0 Å². The molecule has 3 aromatic rings. The highest BCUT2D eigenvalue weighted by molar-refractivity contribution is 7.99. The number of nitrogens with one attached hydrogen (secondary N) is 1. The number of piperidine rings is 1. The van der Waals surface area contributed by atoms with E-state index in [0.29, 0.717) is 12.1 Å². The second-order valence-corrected chi connectivity index (χ2v) is 9.83. The number of rotatable bonds is 7. The highest BCUT2D eigenvalue weighted by Gasteiger charge is 2.42. The van der Waals surface area contributed by atoms with Crippen LogP contribution in [0.5, 0.6) is 0 Å². The highest BCUT2D eigenvalue weighted by Crippen LogP contribution is 2.39. The topological polar surface area (TPSA) is 85.4 Å². The van der Waals surface area contributed by atoms with E-state index in [-0.39, 0.29) is 17.6 Å². The monoisotopic (exact) mass is 467 g/mol. The molecule has 174 valence electrons. The van der Waals surface area contributed by atoms with Gasteiger partial charge in [0, 0.05) is 32.2 Å². The molecule has 2 aromatic heterocycles. The molecule has 0 aliphatic carbocycles. The Kier molecular flexibility index (Phi) is 6.52. The van der Waals surface area contributed by atoms with Gasteiger partial charge in [0.15, 0.2) is 10.2 Å². The van der Waals surface area contributed by atoms with Gasteiger partial charge in [-0.1, -0.05) is 18.2 Å². The zero-order valence-electron chi connectivity index (χ0n) is 18.8. The summed E-state index contributed by atoms with van der Waals surface area (Å²) < 4.78 is 14.3. The smallest absolute Gasteiger partial charge is 0.251 e. The van der Waals surface area contributed by atoms with Gasteiger partial charge in [-0.05, 0) is 61.7 Å². The van der Waals surface area contributed by atoms with Gasteiger partial charge in [0.1, 0.15) is 12.1 Å². The number of ether oxygens (including phenoxy) is 1. The number of aryl methyl sites for hydroxylation is 1. The summed E-state index contributed by atoms with van der Waals surface area (Å²) >= 11 is 1.48. The van der Waals surface area contributed by atoms with Crippen molar-refractivity contribution < 1.29 is 13.9 Å². The average Bonchev–Trinajstić information content (AvgIpc) is 3.56. The summed E-state index contributed by atoms with van der Waals surface area (Å²) in [6.07, 6.45) is 5.86. The lowest BCUT2D eigenvalue weighted by Crippen LogP contribution is -2.44. The maximum Gasteiger partial charge on any atom is 0.251 e. The van der Waals surface area contributed by atoms with Crippen molar-refractivity contribution in [3.8, 4) is 0 Å². The second-order valence-electron chi connectivity index (χ2n) is 8.86. The fourth-order valence-corrected chi connectivity index (χ4v) is 5.34. The number of benzene rings is 1. The van der Waals surface area contributed by atoms with Gasteiger partial charge < -0.3 is 19.0 Å². The van der Waals surface area contributed by atoms with E-state index < -0.39 is 0 Å². The van der Waals surface area contributed by atoms with Gasteiger partial charge in [-0.25, -0.2) is 0 Å². The SMILES string of the molecule is Cn1cnnc1Sc1ccc(CN2CCC3(CCC(CNC(=O)c4ccccc4)O3)CC2)o1. The molecule has 1 amide bonds. The second kappa shape index (κ2) is 9.70. The predicted octanol–water partition coefficient (Wildman–Crippen LogP) is 3.50. The molecule has 2 aliphatic heterocycles. The van der Waals surface area contributed by atoms with Gasteiger partial charge in [-0.3, -0.25) is 9.69 Å². The summed E-state index contributed by atoms with van der Waals surface area (Å²) in [4.78, 5) is 14.7. The number of carbonyl (C=O) groups excluding carboxylic acids is 1. The molecule has 0 bridgehead atoms. The van der Waals surface area contributed by atoms with Crippen molar-refractivity contribution in [2.24, 2.45) is 7.05 Å². The van der Waals surface area contributed by atoms with E-state index in [2.05, 4.69) is 20.4 Å². The zero-order valence-corrected chi connectivity index (χ0v) is 19.6. The van der Waals surface area contributed by atoms with Crippen LogP contribution < -0.4 is 5.32 Å². The number of aromatic nitrogens is 3. The van der Waals surface area contributed by atoms with E-state index in [1.54, 1.807) is 6.33 Å². The van der Waals surface area contributed by atoms with Crippen LogP contribution in [-0.4, -0.2) is 56.9 Å². The van der Waals surface area contributed by atoms with Crippen LogP contribution in [0.4, 0.5) is 0 Å². The molecule has 0 radical (unpaired) electrons. The summed E-state index contributed by atoms with van der Waals surface area (Å²) in [5.74, 6) is 0.926. The number of amides is 1. The lowest BCUT2D eigenvalue weighted by molar-refractivity contribution is -0.0771. The maximum absolute atomic E-state index is 12.3. The van der Waals surface area contributed by atoms with Gasteiger partial charge in [0.2, 0.25) is 0 Å². The zero-order chi connectivity index (χ0) is 22.7. The fraction of sp³-hybridized carbons (Fsp3) is 0.458. The average molecular weight is 468 g/mol. The first-order chi connectivity index (χ1) is 16.1. The van der Waals surface area contributed by atoms with Crippen molar-refractivity contribution in [2.75, 3.05) is 19.6 Å². The molecular formula is C24H29N5O3S. The van der Waals surface area contributed by atoms with E-state index in [9.17, 15) is 4.79 Å². The van der Waals surface area contributed by atoms with Crippen molar-refractivity contribution in [3.63, 3.8) is 0 Å². The number of nitrogens with zero attached hydrogens (tertiary/aromatic N) is 4. The van der Waals surface area contributed by atoms with Crippen molar-refractivity contribution in [1.82, 2.24) is 25.0 Å². The van der Waals surface area contributed by atoms with E-state index in [1.807, 2.05) is 54.1 Å². The molecule has 1 aromatic carbocycles. The van der Waals surface area contributed by atoms with E-state index in [0.717, 1.165) is 61.3 Å². The first-order valence-electron chi connectivity index (χ1n) is 11.4. The number of hydrogen-bond acceptors (Lipinski definition) is 7. The lowest BCUT2D eigenvalue weighted by Gasteiger charge is -2.38. The molecule has 2 fully saturated rings. The summed E-state index contributed by atoms with van der Waals surface area (Å²) in [7, 11) is 1.92. The molecule has 1 N–H and O–H groups in total. The lowest BCUT2D eigenvalue weighted by atomic mass is 9.88. The normalized spacial score (nSPS) is 20.3. The summed E-state index contributed by atoms with van der Waals surface area (Å²) in [5, 5.41) is 12.7. The Hall–Kier alpha value is -2.62. The summed E-state index contributed by atoms with van der Waals surface area (Å²) in [6.45, 7) is 3.33. The van der Waals surface area contributed by atoms with Gasteiger partial charge in [0.25, 0.3) is 5.91 Å². The van der Waals surface area contributed by atoms with Crippen LogP contribution in [0, 0.1) is 0 Å². The largest absolute Gasteiger partial charge is 0.453 e. The molecular weight excluding hydrogens is 438 g/mol. The quantitative estimate of drug-likeness (QED) is 0.569. The molecule has 5 rings (SSSR count). The molecule has 2 saturated heterocycles. The number of furan rings is 1. The third kappa shape index (κ3) is 5.31. The standard InChI is InChI=1S/C24H29N5O3S/c1-28-17-26-27-23(28)33-21-8-7-20(31-21)16-29-13-11-24(12-14-29)10-9-19(32-24)15-25-22(30)18-5-3-2-4-6-18/h2-8,17,19H,9-16H2,1H3,(H,25,30). The summed E-state index contributed by atoms with van der Waals surface area (Å²) in [5.41, 5.74) is 0.642. The molecule has 1 spiro atoms. The van der Waals surface area contributed by atoms with Crippen LogP contribution in [0.2, 0.25) is 0 Å². The van der Waals surface area contributed by atoms with Gasteiger partial charge in [-0.2, -0.15) is 0 Å². The molecule has 1 atom stereocenters. The maximum atomic E-state index is 12.3. The fourth-order valence-electron chi connectivity index (χ4n) is 4.60. The minimum absolute atomic E-state index is 0.0369.